The van der Waals surface area contributed by atoms with Crippen LogP contribution in [-0.2, 0) is 17.8 Å². The number of hydrogen-bond acceptors (Lipinski definition) is 2. The first-order valence-corrected chi connectivity index (χ1v) is 11.2. The van der Waals surface area contributed by atoms with Gasteiger partial charge >= 0.3 is 0 Å². The lowest BCUT2D eigenvalue weighted by atomic mass is 9.97. The molecular formula is C24H37N3O. The van der Waals surface area contributed by atoms with Crippen molar-refractivity contribution in [2.45, 2.75) is 84.3 Å². The van der Waals surface area contributed by atoms with Gasteiger partial charge < -0.3 is 9.88 Å². The molecule has 0 unspecified atom stereocenters. The molecule has 2 heterocycles. The normalized spacial score (nSPS) is 20.5. The van der Waals surface area contributed by atoms with E-state index in [-0.39, 0.29) is 5.91 Å². The smallest absolute Gasteiger partial charge is 0.220 e. The van der Waals surface area contributed by atoms with Gasteiger partial charge in [-0.1, -0.05) is 24.6 Å². The summed E-state index contributed by atoms with van der Waals surface area (Å²) in [4.78, 5) is 14.8. The Kier molecular flexibility index (Phi) is 7.55. The number of amides is 1. The average Bonchev–Trinajstić information content (AvgIpc) is 3.05. The second-order valence-corrected chi connectivity index (χ2v) is 8.38. The van der Waals surface area contributed by atoms with Crippen molar-refractivity contribution >= 4 is 16.8 Å². The molecule has 2 atom stereocenters. The molecule has 1 aromatic carbocycles. The summed E-state index contributed by atoms with van der Waals surface area (Å²) in [5.74, 6) is 0.193. The Morgan fingerprint density at radius 2 is 1.89 bits per heavy atom. The Labute approximate surface area is 170 Å². The van der Waals surface area contributed by atoms with Crippen LogP contribution in [0.4, 0.5) is 0 Å². The number of hydrogen-bond donors (Lipinski definition) is 1. The summed E-state index contributed by atoms with van der Waals surface area (Å²) in [6, 6.07) is 9.94. The molecule has 1 N–H and O–H groups in total. The van der Waals surface area contributed by atoms with Crippen molar-refractivity contribution in [3.8, 4) is 0 Å². The molecule has 1 amide bonds. The monoisotopic (exact) mass is 383 g/mol. The van der Waals surface area contributed by atoms with Crippen molar-refractivity contribution < 1.29 is 4.79 Å². The molecule has 0 radical (unpaired) electrons. The van der Waals surface area contributed by atoms with Crippen molar-refractivity contribution in [1.29, 1.82) is 0 Å². The van der Waals surface area contributed by atoms with Gasteiger partial charge in [-0.15, -0.1) is 0 Å². The van der Waals surface area contributed by atoms with Crippen LogP contribution in [0.1, 0.15) is 64.9 Å². The second-order valence-electron chi connectivity index (χ2n) is 8.38. The van der Waals surface area contributed by atoms with E-state index in [9.17, 15) is 4.79 Å². The molecule has 0 bridgehead atoms. The number of nitrogens with one attached hydrogen (secondary N) is 1. The van der Waals surface area contributed by atoms with E-state index >= 15 is 0 Å². The van der Waals surface area contributed by atoms with Crippen LogP contribution in [0.25, 0.3) is 10.9 Å². The number of aryl methyl sites for hydroxylation is 2. The van der Waals surface area contributed by atoms with Gasteiger partial charge in [0.05, 0.1) is 0 Å². The molecule has 154 valence electrons. The summed E-state index contributed by atoms with van der Waals surface area (Å²) in [7, 11) is 0. The van der Waals surface area contributed by atoms with Gasteiger partial charge in [-0.05, 0) is 64.5 Å². The number of likely N-dealkylation sites (tertiary alicyclic amines) is 1. The van der Waals surface area contributed by atoms with Crippen LogP contribution in [0, 0.1) is 0 Å². The summed E-state index contributed by atoms with van der Waals surface area (Å²) >= 11 is 0. The van der Waals surface area contributed by atoms with Crippen molar-refractivity contribution in [1.82, 2.24) is 14.8 Å². The number of carbonyl (C=O) groups is 1. The highest BCUT2D eigenvalue weighted by Gasteiger charge is 2.23. The Balaban J connectivity index is 1.37. The fraction of sp³-hybridized carbons (Fsp3) is 0.625. The summed E-state index contributed by atoms with van der Waals surface area (Å²) in [5.41, 5.74) is 2.66. The zero-order chi connectivity index (χ0) is 19.9. The first-order valence-electron chi connectivity index (χ1n) is 11.2. The fourth-order valence-corrected chi connectivity index (χ4v) is 4.72. The van der Waals surface area contributed by atoms with E-state index in [1.54, 1.807) is 0 Å². The lowest BCUT2D eigenvalue weighted by molar-refractivity contribution is -0.121. The number of fused-ring (bicyclic) bond motifs is 1. The van der Waals surface area contributed by atoms with Gasteiger partial charge in [-0.3, -0.25) is 9.69 Å². The van der Waals surface area contributed by atoms with Crippen LogP contribution in [-0.4, -0.2) is 40.5 Å². The predicted octanol–water partition coefficient (Wildman–Crippen LogP) is 4.75. The number of aromatic nitrogens is 1. The molecule has 1 aromatic heterocycles. The van der Waals surface area contributed by atoms with Crippen molar-refractivity contribution in [3.63, 3.8) is 0 Å². The summed E-state index contributed by atoms with van der Waals surface area (Å²) in [5, 5.41) is 4.45. The van der Waals surface area contributed by atoms with E-state index in [1.807, 2.05) is 0 Å². The highest BCUT2D eigenvalue weighted by Crippen LogP contribution is 2.23. The third kappa shape index (κ3) is 5.16. The summed E-state index contributed by atoms with van der Waals surface area (Å²) < 4.78 is 2.30. The zero-order valence-corrected chi connectivity index (χ0v) is 17.9. The minimum Gasteiger partial charge on any atom is -0.356 e. The molecule has 4 nitrogen and oxygen atoms in total. The Hall–Kier alpha value is -1.81. The van der Waals surface area contributed by atoms with E-state index in [1.165, 1.54) is 35.7 Å². The van der Waals surface area contributed by atoms with Crippen LogP contribution < -0.4 is 5.32 Å². The van der Waals surface area contributed by atoms with E-state index in [4.69, 9.17) is 0 Å². The molecule has 28 heavy (non-hydrogen) atoms. The van der Waals surface area contributed by atoms with Gasteiger partial charge in [0, 0.05) is 55.2 Å². The minimum atomic E-state index is 0.193. The number of benzene rings is 1. The van der Waals surface area contributed by atoms with Crippen LogP contribution in [0.2, 0.25) is 0 Å². The maximum absolute atomic E-state index is 12.2. The molecule has 1 fully saturated rings. The van der Waals surface area contributed by atoms with Gasteiger partial charge in [0.1, 0.15) is 0 Å². The second kappa shape index (κ2) is 10.1. The molecular weight excluding hydrogens is 346 g/mol. The lowest BCUT2D eigenvalue weighted by Gasteiger charge is -2.39. The molecule has 4 heteroatoms. The Morgan fingerprint density at radius 1 is 1.14 bits per heavy atom. The Morgan fingerprint density at radius 3 is 2.64 bits per heavy atom. The molecule has 2 aromatic rings. The van der Waals surface area contributed by atoms with Gasteiger partial charge in [0.25, 0.3) is 0 Å². The Bertz CT molecular complexity index is 756. The van der Waals surface area contributed by atoms with Gasteiger partial charge in [-0.25, -0.2) is 0 Å². The minimum absolute atomic E-state index is 0.193. The van der Waals surface area contributed by atoms with Crippen molar-refractivity contribution in [2.75, 3.05) is 13.1 Å². The first kappa shape index (κ1) is 20.9. The van der Waals surface area contributed by atoms with Crippen LogP contribution in [0.5, 0.6) is 0 Å². The highest BCUT2D eigenvalue weighted by atomic mass is 16.1. The van der Waals surface area contributed by atoms with Gasteiger partial charge in [-0.2, -0.15) is 0 Å². The van der Waals surface area contributed by atoms with Crippen LogP contribution in [0.3, 0.4) is 0 Å². The van der Waals surface area contributed by atoms with E-state index in [0.717, 1.165) is 38.9 Å². The van der Waals surface area contributed by atoms with Crippen LogP contribution in [0.15, 0.2) is 30.5 Å². The highest BCUT2D eigenvalue weighted by molar-refractivity contribution is 5.84. The van der Waals surface area contributed by atoms with Crippen molar-refractivity contribution in [2.24, 2.45) is 0 Å². The maximum atomic E-state index is 12.2. The molecule has 1 aliphatic heterocycles. The van der Waals surface area contributed by atoms with Gasteiger partial charge in [0.2, 0.25) is 5.91 Å². The number of carbonyl (C=O) groups excluding carboxylic acids is 1. The van der Waals surface area contributed by atoms with E-state index in [2.05, 4.69) is 66.0 Å². The third-order valence-corrected chi connectivity index (χ3v) is 6.35. The zero-order valence-electron chi connectivity index (χ0n) is 17.9. The molecule has 0 aliphatic carbocycles. The van der Waals surface area contributed by atoms with E-state index < -0.39 is 0 Å². The van der Waals surface area contributed by atoms with Crippen molar-refractivity contribution in [3.05, 3.63) is 36.0 Å². The van der Waals surface area contributed by atoms with Gasteiger partial charge in [0.15, 0.2) is 0 Å². The SMILES string of the molecule is CCn1cc(CCCC(=O)NCCCN2[C@H](C)CCC[C@H]2C)c2ccccc21. The molecule has 1 saturated heterocycles. The summed E-state index contributed by atoms with van der Waals surface area (Å²) in [6.07, 6.45) is 9.76. The fourth-order valence-electron chi connectivity index (χ4n) is 4.72. The topological polar surface area (TPSA) is 37.3 Å². The molecule has 0 saturated carbocycles. The number of para-hydroxylation sites is 1. The average molecular weight is 384 g/mol. The third-order valence-electron chi connectivity index (χ3n) is 6.35. The molecule has 1 aliphatic rings. The number of nitrogens with zero attached hydrogens (tertiary/aromatic N) is 2. The van der Waals surface area contributed by atoms with E-state index in [0.29, 0.717) is 18.5 Å². The predicted molar refractivity (Wildman–Crippen MR) is 118 cm³/mol. The summed E-state index contributed by atoms with van der Waals surface area (Å²) in [6.45, 7) is 9.72. The molecule has 0 spiro atoms. The number of piperidine rings is 1. The largest absolute Gasteiger partial charge is 0.356 e. The standard InChI is InChI=1S/C24H37N3O/c1-4-26-18-21(22-13-5-6-14-23(22)26)12-8-15-24(28)25-16-9-17-27-19(2)10-7-11-20(27)3/h5-6,13-14,18-20H,4,7-12,15-17H2,1-3H3,(H,25,28)/t19-,20-/m1/s1. The number of rotatable bonds is 9. The lowest BCUT2D eigenvalue weighted by Crippen LogP contribution is -2.44. The quantitative estimate of drug-likeness (QED) is 0.634. The molecule has 3 rings (SSSR count). The maximum Gasteiger partial charge on any atom is 0.220 e. The van der Waals surface area contributed by atoms with Crippen LogP contribution >= 0.6 is 0 Å². The first-order chi connectivity index (χ1) is 13.6.